The van der Waals surface area contributed by atoms with E-state index in [9.17, 15) is 0 Å². The fourth-order valence-corrected chi connectivity index (χ4v) is 2.44. The molecule has 0 amide bonds. The topological polar surface area (TPSA) is 29.3 Å². The molecule has 2 atom stereocenters. The maximum atomic E-state index is 6.32. The fraction of sp³-hybridized carbons (Fsp3) is 0.625. The molecular weight excluding hydrogens is 256 g/mol. The van der Waals surface area contributed by atoms with E-state index >= 15 is 0 Å². The summed E-state index contributed by atoms with van der Waals surface area (Å²) in [5, 5.41) is 0.775. The van der Waals surface area contributed by atoms with Gasteiger partial charge in [0, 0.05) is 17.1 Å². The Kier molecular flexibility index (Phi) is 6.84. The predicted octanol–water partition coefficient (Wildman–Crippen LogP) is 4.10. The molecule has 0 bridgehead atoms. The van der Waals surface area contributed by atoms with E-state index in [1.807, 2.05) is 12.1 Å². The van der Waals surface area contributed by atoms with Crippen LogP contribution in [0.15, 0.2) is 24.3 Å². The molecule has 1 aromatic rings. The van der Waals surface area contributed by atoms with Crippen LogP contribution in [0.3, 0.4) is 0 Å². The molecule has 0 saturated carbocycles. The lowest BCUT2D eigenvalue weighted by Crippen LogP contribution is -2.39. The highest BCUT2D eigenvalue weighted by molar-refractivity contribution is 6.30. The second kappa shape index (κ2) is 7.88. The molecule has 0 aromatic heterocycles. The molecule has 0 radical (unpaired) electrons. The largest absolute Gasteiger partial charge is 0.326 e. The minimum absolute atomic E-state index is 0.151. The third-order valence-electron chi connectivity index (χ3n) is 3.62. The van der Waals surface area contributed by atoms with E-state index < -0.39 is 0 Å². The molecule has 2 unspecified atom stereocenters. The van der Waals surface area contributed by atoms with Gasteiger partial charge in [-0.3, -0.25) is 4.90 Å². The van der Waals surface area contributed by atoms with Crippen molar-refractivity contribution in [2.24, 2.45) is 11.7 Å². The number of rotatable bonds is 7. The van der Waals surface area contributed by atoms with Gasteiger partial charge in [0.15, 0.2) is 0 Å². The summed E-state index contributed by atoms with van der Waals surface area (Å²) in [4.78, 5) is 2.37. The van der Waals surface area contributed by atoms with Crippen LogP contribution in [-0.2, 0) is 0 Å². The Hall–Kier alpha value is -0.570. The average molecular weight is 283 g/mol. The maximum Gasteiger partial charge on any atom is 0.0496 e. The Morgan fingerprint density at radius 1 is 1.21 bits per heavy atom. The number of nitrogens with two attached hydrogens (primary N) is 1. The van der Waals surface area contributed by atoms with E-state index in [4.69, 9.17) is 17.3 Å². The van der Waals surface area contributed by atoms with Crippen molar-refractivity contribution in [1.82, 2.24) is 4.90 Å². The van der Waals surface area contributed by atoms with Crippen LogP contribution in [0.1, 0.15) is 45.2 Å². The van der Waals surface area contributed by atoms with Gasteiger partial charge in [-0.1, -0.05) is 44.5 Å². The lowest BCUT2D eigenvalue weighted by molar-refractivity contribution is 0.199. The van der Waals surface area contributed by atoms with Crippen LogP contribution >= 0.6 is 11.6 Å². The van der Waals surface area contributed by atoms with Gasteiger partial charge in [-0.15, -0.1) is 0 Å². The first-order chi connectivity index (χ1) is 8.95. The van der Waals surface area contributed by atoms with Gasteiger partial charge in [0.1, 0.15) is 0 Å². The molecule has 1 rings (SSSR count). The van der Waals surface area contributed by atoms with E-state index in [0.717, 1.165) is 18.0 Å². The summed E-state index contributed by atoms with van der Waals surface area (Å²) in [6.07, 6.45) is 2.16. The van der Waals surface area contributed by atoms with Crippen LogP contribution in [0.4, 0.5) is 0 Å². The zero-order valence-electron chi connectivity index (χ0n) is 12.6. The summed E-state index contributed by atoms with van der Waals surface area (Å²) < 4.78 is 0. The highest BCUT2D eigenvalue weighted by atomic mass is 35.5. The van der Waals surface area contributed by atoms with Crippen molar-refractivity contribution < 1.29 is 0 Å². The molecule has 2 N–H and O–H groups in total. The van der Waals surface area contributed by atoms with E-state index in [1.165, 1.54) is 12.0 Å². The Morgan fingerprint density at radius 3 is 2.26 bits per heavy atom. The quantitative estimate of drug-likeness (QED) is 0.816. The van der Waals surface area contributed by atoms with Crippen LogP contribution < -0.4 is 5.73 Å². The van der Waals surface area contributed by atoms with Crippen LogP contribution in [-0.4, -0.2) is 24.5 Å². The molecule has 108 valence electrons. The molecule has 3 heteroatoms. The van der Waals surface area contributed by atoms with Crippen LogP contribution in [0.5, 0.6) is 0 Å². The van der Waals surface area contributed by atoms with Gasteiger partial charge in [-0.25, -0.2) is 0 Å². The third kappa shape index (κ3) is 5.13. The van der Waals surface area contributed by atoms with Gasteiger partial charge in [0.05, 0.1) is 0 Å². The zero-order chi connectivity index (χ0) is 14.4. The van der Waals surface area contributed by atoms with Gasteiger partial charge in [-0.05, 0) is 50.0 Å². The molecule has 2 nitrogen and oxygen atoms in total. The number of halogens is 1. The van der Waals surface area contributed by atoms with Gasteiger partial charge >= 0.3 is 0 Å². The number of benzene rings is 1. The molecule has 0 aliphatic carbocycles. The summed E-state index contributed by atoms with van der Waals surface area (Å²) in [5.41, 5.74) is 7.57. The van der Waals surface area contributed by atoms with Crippen LogP contribution in [0.25, 0.3) is 0 Å². The summed E-state index contributed by atoms with van der Waals surface area (Å²) in [6, 6.07) is 8.49. The van der Waals surface area contributed by atoms with Crippen molar-refractivity contribution in [2.75, 3.05) is 13.6 Å². The molecule has 19 heavy (non-hydrogen) atoms. The monoisotopic (exact) mass is 282 g/mol. The third-order valence-corrected chi connectivity index (χ3v) is 3.87. The predicted molar refractivity (Wildman–Crippen MR) is 84.5 cm³/mol. The number of hydrogen-bond donors (Lipinski definition) is 1. The molecule has 0 aliphatic rings. The fourth-order valence-electron chi connectivity index (χ4n) is 2.31. The normalized spacial score (nSPS) is 14.9. The van der Waals surface area contributed by atoms with Crippen molar-refractivity contribution in [3.8, 4) is 0 Å². The first kappa shape index (κ1) is 16.5. The molecule has 0 spiro atoms. The highest BCUT2D eigenvalue weighted by Gasteiger charge is 2.22. The summed E-state index contributed by atoms with van der Waals surface area (Å²) >= 11 is 5.97. The zero-order valence-corrected chi connectivity index (χ0v) is 13.3. The lowest BCUT2D eigenvalue weighted by atomic mass is 9.96. The smallest absolute Gasteiger partial charge is 0.0496 e. The molecule has 0 heterocycles. The van der Waals surface area contributed by atoms with Crippen molar-refractivity contribution in [3.63, 3.8) is 0 Å². The number of nitrogens with zero attached hydrogens (tertiary/aromatic N) is 1. The van der Waals surface area contributed by atoms with E-state index in [0.29, 0.717) is 5.92 Å². The summed E-state index contributed by atoms with van der Waals surface area (Å²) in [6.45, 7) is 7.72. The van der Waals surface area contributed by atoms with Crippen molar-refractivity contribution in [1.29, 1.82) is 0 Å². The van der Waals surface area contributed by atoms with Gasteiger partial charge in [0.2, 0.25) is 0 Å². The minimum atomic E-state index is 0.151. The van der Waals surface area contributed by atoms with Gasteiger partial charge < -0.3 is 5.73 Å². The standard InChI is InChI=1S/C16H27ClN2/c1-5-15(18)16(19(4)11-10-12(2)3)13-6-8-14(17)9-7-13/h6-9,12,15-16H,5,10-11,18H2,1-4H3. The molecular formula is C16H27ClN2. The Balaban J connectivity index is 2.85. The molecule has 0 fully saturated rings. The Morgan fingerprint density at radius 2 is 1.79 bits per heavy atom. The first-order valence-electron chi connectivity index (χ1n) is 7.17. The van der Waals surface area contributed by atoms with Crippen LogP contribution in [0.2, 0.25) is 5.02 Å². The first-order valence-corrected chi connectivity index (χ1v) is 7.54. The maximum absolute atomic E-state index is 6.32. The molecule has 0 saturated heterocycles. The second-order valence-electron chi connectivity index (χ2n) is 5.73. The number of likely N-dealkylation sites (N-methyl/N-ethyl adjacent to an activating group) is 1. The van der Waals surface area contributed by atoms with Crippen LogP contribution in [0, 0.1) is 5.92 Å². The van der Waals surface area contributed by atoms with Crippen molar-refractivity contribution in [3.05, 3.63) is 34.9 Å². The lowest BCUT2D eigenvalue weighted by Gasteiger charge is -2.33. The highest BCUT2D eigenvalue weighted by Crippen LogP contribution is 2.25. The number of hydrogen-bond acceptors (Lipinski definition) is 2. The van der Waals surface area contributed by atoms with Crippen molar-refractivity contribution >= 4 is 11.6 Å². The van der Waals surface area contributed by atoms with E-state index in [2.05, 4.69) is 44.9 Å². The summed E-state index contributed by atoms with van der Waals surface area (Å²) in [7, 11) is 2.16. The summed E-state index contributed by atoms with van der Waals surface area (Å²) in [5.74, 6) is 0.714. The second-order valence-corrected chi connectivity index (χ2v) is 6.17. The Labute approximate surface area is 122 Å². The van der Waals surface area contributed by atoms with E-state index in [1.54, 1.807) is 0 Å². The SMILES string of the molecule is CCC(N)C(c1ccc(Cl)cc1)N(C)CCC(C)C. The minimum Gasteiger partial charge on any atom is -0.326 e. The molecule has 0 aliphatic heterocycles. The average Bonchev–Trinajstić information content (AvgIpc) is 2.38. The van der Waals surface area contributed by atoms with E-state index in [-0.39, 0.29) is 12.1 Å². The van der Waals surface area contributed by atoms with Gasteiger partial charge in [0.25, 0.3) is 0 Å². The molecule has 1 aromatic carbocycles. The van der Waals surface area contributed by atoms with Gasteiger partial charge in [-0.2, -0.15) is 0 Å². The Bertz CT molecular complexity index is 362. The van der Waals surface area contributed by atoms with Crippen molar-refractivity contribution in [2.45, 2.75) is 45.7 Å².